The van der Waals surface area contributed by atoms with Crippen LogP contribution in [0.4, 0.5) is 5.13 Å². The number of hydrogen-bond donors (Lipinski definition) is 1. The van der Waals surface area contributed by atoms with E-state index in [1.54, 1.807) is 0 Å². The third-order valence-electron chi connectivity index (χ3n) is 3.00. The molecular weight excluding hydrogens is 242 g/mol. The number of anilines is 1. The van der Waals surface area contributed by atoms with Gasteiger partial charge in [0.25, 0.3) is 0 Å². The maximum Gasteiger partial charge on any atom is 0.180 e. The van der Waals surface area contributed by atoms with Gasteiger partial charge in [-0.15, -0.1) is 11.3 Å². The molecule has 1 aromatic heterocycles. The first-order valence-corrected chi connectivity index (χ1v) is 7.77. The fraction of sp³-hybridized carbons (Fsp3) is 0.786. The van der Waals surface area contributed by atoms with Crippen molar-refractivity contribution in [2.24, 2.45) is 11.8 Å². The summed E-state index contributed by atoms with van der Waals surface area (Å²) in [4.78, 5) is 6.87. The Morgan fingerprint density at radius 2 is 1.72 bits per heavy atom. The van der Waals surface area contributed by atoms with E-state index in [4.69, 9.17) is 5.73 Å². The highest BCUT2D eigenvalue weighted by molar-refractivity contribution is 7.13. The summed E-state index contributed by atoms with van der Waals surface area (Å²) in [5, 5.41) is 2.75. The molecule has 0 unspecified atom stereocenters. The molecule has 1 aromatic rings. The minimum absolute atomic E-state index is 0.678. The Bertz CT molecular complexity index is 322. The van der Waals surface area contributed by atoms with Crippen LogP contribution in [-0.2, 0) is 6.54 Å². The second-order valence-corrected chi connectivity index (χ2v) is 6.71. The Labute approximate surface area is 115 Å². The molecule has 0 aliphatic rings. The number of thiazole rings is 1. The van der Waals surface area contributed by atoms with Crippen molar-refractivity contribution in [2.75, 3.05) is 18.8 Å². The van der Waals surface area contributed by atoms with Gasteiger partial charge in [0.15, 0.2) is 5.13 Å². The molecule has 3 nitrogen and oxygen atoms in total. The van der Waals surface area contributed by atoms with Crippen LogP contribution in [0.3, 0.4) is 0 Å². The molecule has 4 heteroatoms. The van der Waals surface area contributed by atoms with E-state index in [-0.39, 0.29) is 0 Å². The van der Waals surface area contributed by atoms with Crippen molar-refractivity contribution in [3.8, 4) is 0 Å². The zero-order valence-corrected chi connectivity index (χ0v) is 13.0. The number of nitrogen functional groups attached to an aromatic ring is 1. The van der Waals surface area contributed by atoms with Gasteiger partial charge in [0, 0.05) is 11.9 Å². The first-order chi connectivity index (χ1) is 8.47. The predicted octanol–water partition coefficient (Wildman–Crippen LogP) is 3.62. The maximum absolute atomic E-state index is 5.69. The summed E-state index contributed by atoms with van der Waals surface area (Å²) in [6.07, 6.45) is 2.50. The lowest BCUT2D eigenvalue weighted by molar-refractivity contribution is 0.234. The minimum atomic E-state index is 0.678. The highest BCUT2D eigenvalue weighted by Gasteiger charge is 2.10. The molecule has 0 fully saturated rings. The van der Waals surface area contributed by atoms with Crippen LogP contribution in [0.25, 0.3) is 0 Å². The van der Waals surface area contributed by atoms with Crippen LogP contribution in [0.5, 0.6) is 0 Å². The monoisotopic (exact) mass is 269 g/mol. The van der Waals surface area contributed by atoms with Crippen molar-refractivity contribution >= 4 is 16.5 Å². The lowest BCUT2D eigenvalue weighted by Crippen LogP contribution is -2.27. The highest BCUT2D eigenvalue weighted by atomic mass is 32.1. The Kier molecular flexibility index (Phi) is 6.65. The smallest absolute Gasteiger partial charge is 0.180 e. The summed E-state index contributed by atoms with van der Waals surface area (Å²) >= 11 is 1.54. The van der Waals surface area contributed by atoms with Gasteiger partial charge in [-0.05, 0) is 37.8 Å². The molecule has 2 N–H and O–H groups in total. The van der Waals surface area contributed by atoms with Crippen molar-refractivity contribution in [2.45, 2.75) is 47.1 Å². The Balaban J connectivity index is 2.47. The Morgan fingerprint density at radius 3 is 2.11 bits per heavy atom. The van der Waals surface area contributed by atoms with E-state index in [1.807, 2.05) is 0 Å². The minimum Gasteiger partial charge on any atom is -0.375 e. The topological polar surface area (TPSA) is 42.1 Å². The van der Waals surface area contributed by atoms with Gasteiger partial charge in [0.05, 0.1) is 5.69 Å². The summed E-state index contributed by atoms with van der Waals surface area (Å²) in [6, 6.07) is 0. The van der Waals surface area contributed by atoms with Gasteiger partial charge in [-0.25, -0.2) is 4.98 Å². The first kappa shape index (κ1) is 15.4. The number of aromatic nitrogens is 1. The molecule has 1 heterocycles. The van der Waals surface area contributed by atoms with Crippen LogP contribution >= 0.6 is 11.3 Å². The Morgan fingerprint density at radius 1 is 1.17 bits per heavy atom. The molecule has 1 rings (SSSR count). The largest absolute Gasteiger partial charge is 0.375 e. The Hall–Kier alpha value is -0.610. The molecule has 0 amide bonds. The maximum atomic E-state index is 5.69. The fourth-order valence-electron chi connectivity index (χ4n) is 1.78. The van der Waals surface area contributed by atoms with Crippen molar-refractivity contribution < 1.29 is 0 Å². The van der Waals surface area contributed by atoms with Gasteiger partial charge in [-0.3, -0.25) is 4.90 Å². The van der Waals surface area contributed by atoms with E-state index in [9.17, 15) is 0 Å². The van der Waals surface area contributed by atoms with Crippen LogP contribution in [0.15, 0.2) is 5.38 Å². The van der Waals surface area contributed by atoms with E-state index < -0.39 is 0 Å². The SMILES string of the molecule is CC(C)CCN(CCC(C)C)Cc1csc(N)n1. The summed E-state index contributed by atoms with van der Waals surface area (Å²) in [6.45, 7) is 12.4. The third kappa shape index (κ3) is 6.36. The molecule has 0 bridgehead atoms. The second-order valence-electron chi connectivity index (χ2n) is 5.82. The van der Waals surface area contributed by atoms with Crippen LogP contribution in [0, 0.1) is 11.8 Å². The molecule has 0 atom stereocenters. The van der Waals surface area contributed by atoms with Gasteiger partial charge in [0.1, 0.15) is 0 Å². The molecule has 18 heavy (non-hydrogen) atoms. The van der Waals surface area contributed by atoms with E-state index in [2.05, 4.69) is 43.0 Å². The van der Waals surface area contributed by atoms with E-state index in [0.29, 0.717) is 5.13 Å². The molecule has 0 radical (unpaired) electrons. The zero-order chi connectivity index (χ0) is 13.5. The van der Waals surface area contributed by atoms with Gasteiger partial charge < -0.3 is 5.73 Å². The average molecular weight is 269 g/mol. The summed E-state index contributed by atoms with van der Waals surface area (Å²) in [7, 11) is 0. The third-order valence-corrected chi connectivity index (χ3v) is 3.72. The lowest BCUT2D eigenvalue weighted by Gasteiger charge is -2.23. The number of nitrogens with zero attached hydrogens (tertiary/aromatic N) is 2. The molecule has 0 aliphatic heterocycles. The fourth-order valence-corrected chi connectivity index (χ4v) is 2.33. The summed E-state index contributed by atoms with van der Waals surface area (Å²) in [5.41, 5.74) is 6.80. The van der Waals surface area contributed by atoms with Gasteiger partial charge in [-0.2, -0.15) is 0 Å². The van der Waals surface area contributed by atoms with Crippen molar-refractivity contribution in [3.63, 3.8) is 0 Å². The van der Waals surface area contributed by atoms with Gasteiger partial charge in [0.2, 0.25) is 0 Å². The highest BCUT2D eigenvalue weighted by Crippen LogP contribution is 2.15. The molecule has 0 spiro atoms. The van der Waals surface area contributed by atoms with E-state index >= 15 is 0 Å². The van der Waals surface area contributed by atoms with Gasteiger partial charge >= 0.3 is 0 Å². The molecule has 0 saturated carbocycles. The summed E-state index contributed by atoms with van der Waals surface area (Å²) in [5.74, 6) is 1.51. The predicted molar refractivity (Wildman–Crippen MR) is 80.7 cm³/mol. The second kappa shape index (κ2) is 7.74. The number of nitrogens with two attached hydrogens (primary N) is 1. The van der Waals surface area contributed by atoms with E-state index in [0.717, 1.165) is 37.2 Å². The standard InChI is InChI=1S/C14H27N3S/c1-11(2)5-7-17(8-6-12(3)4)9-13-10-18-14(15)16-13/h10-12H,5-9H2,1-4H3,(H2,15,16). The van der Waals surface area contributed by atoms with Gasteiger partial charge in [-0.1, -0.05) is 27.7 Å². The van der Waals surface area contributed by atoms with Crippen molar-refractivity contribution in [3.05, 3.63) is 11.1 Å². The normalized spacial score (nSPS) is 11.9. The van der Waals surface area contributed by atoms with E-state index in [1.165, 1.54) is 24.2 Å². The summed E-state index contributed by atoms with van der Waals surface area (Å²) < 4.78 is 0. The molecular formula is C14H27N3S. The molecule has 104 valence electrons. The van der Waals surface area contributed by atoms with Crippen LogP contribution in [0.2, 0.25) is 0 Å². The van der Waals surface area contributed by atoms with Crippen molar-refractivity contribution in [1.82, 2.24) is 9.88 Å². The molecule has 0 saturated heterocycles. The first-order valence-electron chi connectivity index (χ1n) is 6.89. The van der Waals surface area contributed by atoms with Crippen LogP contribution in [-0.4, -0.2) is 23.0 Å². The molecule has 0 aliphatic carbocycles. The number of rotatable bonds is 8. The van der Waals surface area contributed by atoms with Crippen LogP contribution in [0.1, 0.15) is 46.2 Å². The molecule has 0 aromatic carbocycles. The zero-order valence-electron chi connectivity index (χ0n) is 12.1. The van der Waals surface area contributed by atoms with Crippen molar-refractivity contribution in [1.29, 1.82) is 0 Å². The number of hydrogen-bond acceptors (Lipinski definition) is 4. The quantitative estimate of drug-likeness (QED) is 0.783. The lowest BCUT2D eigenvalue weighted by atomic mass is 10.1. The average Bonchev–Trinajstić information content (AvgIpc) is 2.67. The van der Waals surface area contributed by atoms with Crippen LogP contribution < -0.4 is 5.73 Å².